The second kappa shape index (κ2) is 8.47. The minimum atomic E-state index is -1.12. The summed E-state index contributed by atoms with van der Waals surface area (Å²) in [7, 11) is 1.41. The van der Waals surface area contributed by atoms with Gasteiger partial charge >= 0.3 is 5.97 Å². The predicted octanol–water partition coefficient (Wildman–Crippen LogP) is 2.84. The highest BCUT2D eigenvalue weighted by molar-refractivity contribution is 6.30. The Hall–Kier alpha value is -2.37. The van der Waals surface area contributed by atoms with E-state index in [1.165, 1.54) is 7.11 Å². The molecule has 2 rings (SSSR count). The minimum Gasteiger partial charge on any atom is -0.480 e. The van der Waals surface area contributed by atoms with E-state index in [4.69, 9.17) is 16.3 Å². The molecule has 0 spiro atoms. The van der Waals surface area contributed by atoms with Gasteiger partial charge < -0.3 is 15.2 Å². The lowest BCUT2D eigenvalue weighted by molar-refractivity contribution is -0.144. The van der Waals surface area contributed by atoms with Gasteiger partial charge in [-0.2, -0.15) is 0 Å². The summed E-state index contributed by atoms with van der Waals surface area (Å²) in [5, 5.41) is 12.4. The molecule has 5 nitrogen and oxygen atoms in total. The molecule has 126 valence electrons. The van der Waals surface area contributed by atoms with Crippen LogP contribution in [0.2, 0.25) is 5.02 Å². The van der Waals surface area contributed by atoms with Crippen LogP contribution >= 0.6 is 11.6 Å². The lowest BCUT2D eigenvalue weighted by Crippen LogP contribution is -2.44. The molecule has 0 radical (unpaired) electrons. The zero-order valence-corrected chi connectivity index (χ0v) is 13.9. The SMILES string of the molecule is CO[C@@H](C(=O)N[C@@H](Cc1cccc(Cl)c1)C(=O)O)c1ccccc1. The molecule has 0 fully saturated rings. The highest BCUT2D eigenvalue weighted by Crippen LogP contribution is 2.17. The van der Waals surface area contributed by atoms with E-state index in [1.54, 1.807) is 48.5 Å². The fourth-order valence-electron chi connectivity index (χ4n) is 2.37. The Balaban J connectivity index is 2.11. The average molecular weight is 348 g/mol. The van der Waals surface area contributed by atoms with Crippen LogP contribution in [0.4, 0.5) is 0 Å². The van der Waals surface area contributed by atoms with Crippen molar-refractivity contribution in [3.63, 3.8) is 0 Å². The molecule has 2 aromatic rings. The fraction of sp³-hybridized carbons (Fsp3) is 0.222. The number of carbonyl (C=O) groups is 2. The second-order valence-corrected chi connectivity index (χ2v) is 5.70. The average Bonchev–Trinajstić information content (AvgIpc) is 2.56. The summed E-state index contributed by atoms with van der Waals surface area (Å²) >= 11 is 5.91. The Kier molecular flexibility index (Phi) is 6.35. The zero-order chi connectivity index (χ0) is 17.5. The number of rotatable bonds is 7. The first-order chi connectivity index (χ1) is 11.5. The van der Waals surface area contributed by atoms with Gasteiger partial charge in [0.2, 0.25) is 0 Å². The van der Waals surface area contributed by atoms with Crippen LogP contribution in [0.1, 0.15) is 17.2 Å². The Labute approximate surface area is 145 Å². The number of carboxylic acids is 1. The molecule has 0 aliphatic rings. The monoisotopic (exact) mass is 347 g/mol. The van der Waals surface area contributed by atoms with Crippen LogP contribution in [0, 0.1) is 0 Å². The summed E-state index contributed by atoms with van der Waals surface area (Å²) in [4.78, 5) is 23.9. The van der Waals surface area contributed by atoms with Gasteiger partial charge in [-0.15, -0.1) is 0 Å². The summed E-state index contributed by atoms with van der Waals surface area (Å²) in [6, 6.07) is 14.7. The van der Waals surface area contributed by atoms with Crippen molar-refractivity contribution in [2.45, 2.75) is 18.6 Å². The van der Waals surface area contributed by atoms with Crippen molar-refractivity contribution < 1.29 is 19.4 Å². The highest BCUT2D eigenvalue weighted by Gasteiger charge is 2.26. The number of amides is 1. The van der Waals surface area contributed by atoms with Gasteiger partial charge in [-0.3, -0.25) is 4.79 Å². The van der Waals surface area contributed by atoms with E-state index in [1.807, 2.05) is 6.07 Å². The molecule has 1 amide bonds. The molecule has 0 heterocycles. The van der Waals surface area contributed by atoms with Crippen LogP contribution in [0.3, 0.4) is 0 Å². The largest absolute Gasteiger partial charge is 0.480 e. The van der Waals surface area contributed by atoms with Crippen LogP contribution in [-0.4, -0.2) is 30.1 Å². The van der Waals surface area contributed by atoms with E-state index in [0.29, 0.717) is 10.6 Å². The van der Waals surface area contributed by atoms with E-state index in [9.17, 15) is 14.7 Å². The summed E-state index contributed by atoms with van der Waals surface area (Å²) in [6.07, 6.45) is -0.736. The third-order valence-electron chi connectivity index (χ3n) is 3.52. The Morgan fingerprint density at radius 2 is 1.88 bits per heavy atom. The Bertz CT molecular complexity index is 705. The van der Waals surface area contributed by atoms with Crippen molar-refractivity contribution in [2.75, 3.05) is 7.11 Å². The van der Waals surface area contributed by atoms with Gasteiger partial charge in [0.1, 0.15) is 6.04 Å². The summed E-state index contributed by atoms with van der Waals surface area (Å²) < 4.78 is 5.22. The molecule has 0 unspecified atom stereocenters. The first-order valence-corrected chi connectivity index (χ1v) is 7.74. The van der Waals surface area contributed by atoms with Gasteiger partial charge in [-0.1, -0.05) is 54.1 Å². The zero-order valence-electron chi connectivity index (χ0n) is 13.1. The van der Waals surface area contributed by atoms with Gasteiger partial charge in [-0.25, -0.2) is 4.79 Å². The van der Waals surface area contributed by atoms with Crippen molar-refractivity contribution in [3.05, 3.63) is 70.7 Å². The lowest BCUT2D eigenvalue weighted by Gasteiger charge is -2.20. The molecule has 0 aliphatic heterocycles. The van der Waals surface area contributed by atoms with Gasteiger partial charge in [-0.05, 0) is 23.3 Å². The number of carbonyl (C=O) groups excluding carboxylic acids is 1. The number of carboxylic acid groups (broad SMARTS) is 1. The third-order valence-corrected chi connectivity index (χ3v) is 3.75. The summed E-state index contributed by atoms with van der Waals surface area (Å²) in [6.45, 7) is 0. The van der Waals surface area contributed by atoms with Crippen molar-refractivity contribution in [1.82, 2.24) is 5.32 Å². The molecule has 2 atom stereocenters. The molecule has 2 aromatic carbocycles. The standard InChI is InChI=1S/C18H18ClNO4/c1-24-16(13-7-3-2-4-8-13)17(21)20-15(18(22)23)11-12-6-5-9-14(19)10-12/h2-10,15-16H,11H2,1H3,(H,20,21)(H,22,23)/t15-,16+/m0/s1. The quantitative estimate of drug-likeness (QED) is 0.807. The van der Waals surface area contributed by atoms with Crippen LogP contribution in [0.25, 0.3) is 0 Å². The second-order valence-electron chi connectivity index (χ2n) is 5.26. The molecule has 2 N–H and O–H groups in total. The topological polar surface area (TPSA) is 75.6 Å². The molecule has 0 saturated heterocycles. The van der Waals surface area contributed by atoms with Gasteiger partial charge in [0.15, 0.2) is 6.10 Å². The molecule has 6 heteroatoms. The van der Waals surface area contributed by atoms with E-state index in [2.05, 4.69) is 5.32 Å². The summed E-state index contributed by atoms with van der Waals surface area (Å²) in [5.74, 6) is -1.62. The normalized spacial score (nSPS) is 13.1. The molecular weight excluding hydrogens is 330 g/mol. The fourth-order valence-corrected chi connectivity index (χ4v) is 2.58. The molecule has 0 aliphatic carbocycles. The molecule has 0 aromatic heterocycles. The van der Waals surface area contributed by atoms with Crippen molar-refractivity contribution in [3.8, 4) is 0 Å². The minimum absolute atomic E-state index is 0.132. The van der Waals surface area contributed by atoms with E-state index in [0.717, 1.165) is 5.56 Å². The molecule has 24 heavy (non-hydrogen) atoms. The lowest BCUT2D eigenvalue weighted by atomic mass is 10.0. The first-order valence-electron chi connectivity index (χ1n) is 7.36. The predicted molar refractivity (Wildman–Crippen MR) is 90.9 cm³/mol. The highest BCUT2D eigenvalue weighted by atomic mass is 35.5. The molecule has 0 saturated carbocycles. The molecule has 0 bridgehead atoms. The van der Waals surface area contributed by atoms with Gasteiger partial charge in [0, 0.05) is 18.6 Å². The van der Waals surface area contributed by atoms with Gasteiger partial charge in [0.25, 0.3) is 5.91 Å². The number of ether oxygens (including phenoxy) is 1. The maximum Gasteiger partial charge on any atom is 0.326 e. The number of aliphatic carboxylic acids is 1. The van der Waals surface area contributed by atoms with Crippen LogP contribution in [0.15, 0.2) is 54.6 Å². The Morgan fingerprint density at radius 1 is 1.17 bits per heavy atom. The van der Waals surface area contributed by atoms with Crippen molar-refractivity contribution in [1.29, 1.82) is 0 Å². The van der Waals surface area contributed by atoms with Crippen molar-refractivity contribution >= 4 is 23.5 Å². The number of methoxy groups -OCH3 is 1. The number of hydrogen-bond donors (Lipinski definition) is 2. The maximum absolute atomic E-state index is 12.4. The smallest absolute Gasteiger partial charge is 0.326 e. The maximum atomic E-state index is 12.4. The Morgan fingerprint density at radius 3 is 2.46 bits per heavy atom. The van der Waals surface area contributed by atoms with Crippen molar-refractivity contribution in [2.24, 2.45) is 0 Å². The van der Waals surface area contributed by atoms with Crippen LogP contribution in [-0.2, 0) is 20.7 Å². The molecular formula is C18H18ClNO4. The number of hydrogen-bond acceptors (Lipinski definition) is 3. The summed E-state index contributed by atoms with van der Waals surface area (Å²) in [5.41, 5.74) is 1.38. The number of nitrogens with one attached hydrogen (secondary N) is 1. The van der Waals surface area contributed by atoms with E-state index in [-0.39, 0.29) is 6.42 Å². The third kappa shape index (κ3) is 4.81. The van der Waals surface area contributed by atoms with Gasteiger partial charge in [0.05, 0.1) is 0 Å². The van der Waals surface area contributed by atoms with E-state index < -0.39 is 24.0 Å². The number of benzene rings is 2. The van der Waals surface area contributed by atoms with Crippen LogP contribution in [0.5, 0.6) is 0 Å². The van der Waals surface area contributed by atoms with E-state index >= 15 is 0 Å². The number of halogens is 1. The first kappa shape index (κ1) is 18.0. The van der Waals surface area contributed by atoms with Crippen LogP contribution < -0.4 is 5.32 Å².